The van der Waals surface area contributed by atoms with Gasteiger partial charge < -0.3 is 15.2 Å². The number of hydrogen-bond donors (Lipinski definition) is 2. The number of alkyl halides is 2. The summed E-state index contributed by atoms with van der Waals surface area (Å²) in [7, 11) is 0. The van der Waals surface area contributed by atoms with Crippen molar-refractivity contribution in [1.82, 2.24) is 20.3 Å². The lowest BCUT2D eigenvalue weighted by Gasteiger charge is -2.28. The minimum atomic E-state index is -2.68. The van der Waals surface area contributed by atoms with Crippen LogP contribution in [0.15, 0.2) is 41.8 Å². The Labute approximate surface area is 187 Å². The van der Waals surface area contributed by atoms with Crippen LogP contribution in [0, 0.1) is 6.92 Å². The smallest absolute Gasteiger partial charge is 0.391 e. The van der Waals surface area contributed by atoms with Crippen molar-refractivity contribution in [3.63, 3.8) is 0 Å². The van der Waals surface area contributed by atoms with Crippen molar-refractivity contribution in [2.45, 2.75) is 50.7 Å². The number of aliphatic hydroxyl groups excluding tert-OH is 1. The Morgan fingerprint density at radius 1 is 1.22 bits per heavy atom. The molecule has 168 valence electrons. The lowest BCUT2D eigenvalue weighted by atomic mass is 9.92. The van der Waals surface area contributed by atoms with Gasteiger partial charge in [-0.1, -0.05) is 30.3 Å². The molecule has 1 aliphatic rings. The number of rotatable bonds is 5. The van der Waals surface area contributed by atoms with Crippen LogP contribution in [-0.4, -0.2) is 38.1 Å². The van der Waals surface area contributed by atoms with E-state index in [4.69, 9.17) is 4.74 Å². The molecule has 1 aliphatic carbocycles. The fourth-order valence-electron chi connectivity index (χ4n) is 3.47. The molecule has 2 aromatic heterocycles. The van der Waals surface area contributed by atoms with Crippen molar-refractivity contribution in [2.75, 3.05) is 0 Å². The lowest BCUT2D eigenvalue weighted by Crippen LogP contribution is -2.41. The zero-order chi connectivity index (χ0) is 22.7. The molecule has 3 aromatic rings. The molecule has 2 N–H and O–H groups in total. The minimum Gasteiger partial charge on any atom is -0.391 e. The summed E-state index contributed by atoms with van der Waals surface area (Å²) in [6.07, 6.45) is -2.05. The molecule has 0 aliphatic heterocycles. The number of nitrogens with one attached hydrogen (secondary N) is 1. The summed E-state index contributed by atoms with van der Waals surface area (Å²) in [5, 5.41) is 15.8. The second kappa shape index (κ2) is 9.25. The first-order chi connectivity index (χ1) is 15.3. The van der Waals surface area contributed by atoms with E-state index in [2.05, 4.69) is 20.3 Å². The Bertz CT molecular complexity index is 1080. The van der Waals surface area contributed by atoms with Gasteiger partial charge in [0.05, 0.1) is 5.69 Å². The maximum atomic E-state index is 13.3. The highest BCUT2D eigenvalue weighted by atomic mass is 32.1. The van der Waals surface area contributed by atoms with Crippen LogP contribution in [0.5, 0.6) is 5.88 Å². The van der Waals surface area contributed by atoms with Gasteiger partial charge in [-0.15, -0.1) is 11.3 Å². The molecule has 0 radical (unpaired) electrons. The normalized spacial score (nSPS) is 17.0. The number of benzene rings is 1. The zero-order valence-electron chi connectivity index (χ0n) is 17.3. The van der Waals surface area contributed by atoms with Crippen molar-refractivity contribution in [2.24, 2.45) is 0 Å². The van der Waals surface area contributed by atoms with Gasteiger partial charge in [0.1, 0.15) is 6.10 Å². The molecule has 1 fully saturated rings. The van der Waals surface area contributed by atoms with Crippen LogP contribution in [0.1, 0.15) is 48.7 Å². The Kier molecular flexibility index (Phi) is 6.43. The van der Waals surface area contributed by atoms with E-state index in [0.29, 0.717) is 10.6 Å². The number of halogens is 2. The molecule has 7 nitrogen and oxygen atoms in total. The minimum absolute atomic E-state index is 0.0635. The molecule has 0 saturated heterocycles. The molecule has 2 heterocycles. The number of amides is 1. The molecule has 1 aromatic carbocycles. The summed E-state index contributed by atoms with van der Waals surface area (Å²) < 4.78 is 32.0. The number of carbonyl (C=O) groups is 1. The van der Waals surface area contributed by atoms with Gasteiger partial charge >= 0.3 is 6.09 Å². The number of nitrogens with zero attached hydrogens (tertiary/aromatic N) is 3. The van der Waals surface area contributed by atoms with Crippen molar-refractivity contribution in [3.8, 4) is 16.7 Å². The fraction of sp³-hybridized carbons (Fsp3) is 0.364. The predicted octanol–water partition coefficient (Wildman–Crippen LogP) is 4.66. The lowest BCUT2D eigenvalue weighted by molar-refractivity contribution is -0.0399. The summed E-state index contributed by atoms with van der Waals surface area (Å²) in [6, 6.07) is 9.93. The average Bonchev–Trinajstić information content (AvgIpc) is 3.21. The first-order valence-corrected chi connectivity index (χ1v) is 11.1. The van der Waals surface area contributed by atoms with Crippen molar-refractivity contribution in [3.05, 3.63) is 58.7 Å². The Balaban J connectivity index is 1.56. The van der Waals surface area contributed by atoms with E-state index >= 15 is 0 Å². The molecule has 1 amide bonds. The number of hydrogen-bond acceptors (Lipinski definition) is 7. The van der Waals surface area contributed by atoms with Crippen LogP contribution in [0.3, 0.4) is 0 Å². The summed E-state index contributed by atoms with van der Waals surface area (Å²) in [4.78, 5) is 25.5. The number of thiazole rings is 1. The van der Waals surface area contributed by atoms with Crippen LogP contribution >= 0.6 is 11.3 Å². The second-order valence-electron chi connectivity index (χ2n) is 7.73. The van der Waals surface area contributed by atoms with E-state index in [0.717, 1.165) is 5.69 Å². The van der Waals surface area contributed by atoms with E-state index in [-0.39, 0.29) is 49.1 Å². The first kappa shape index (κ1) is 22.2. The van der Waals surface area contributed by atoms with Crippen molar-refractivity contribution >= 4 is 17.4 Å². The first-order valence-electron chi connectivity index (χ1n) is 10.2. The highest BCUT2D eigenvalue weighted by Gasteiger charge is 2.35. The Morgan fingerprint density at radius 3 is 2.59 bits per heavy atom. The van der Waals surface area contributed by atoms with E-state index in [1.54, 1.807) is 24.3 Å². The third-order valence-corrected chi connectivity index (χ3v) is 6.12. The largest absolute Gasteiger partial charge is 0.414 e. The van der Waals surface area contributed by atoms with Crippen LogP contribution in [0.4, 0.5) is 13.6 Å². The van der Waals surface area contributed by atoms with Gasteiger partial charge in [0.15, 0.2) is 10.8 Å². The maximum Gasteiger partial charge on any atom is 0.414 e. The molecule has 32 heavy (non-hydrogen) atoms. The topological polar surface area (TPSA) is 97.2 Å². The Morgan fingerprint density at radius 2 is 1.94 bits per heavy atom. The molecule has 0 bridgehead atoms. The molecular weight excluding hydrogens is 438 g/mol. The van der Waals surface area contributed by atoms with Crippen LogP contribution in [0.25, 0.3) is 10.8 Å². The molecule has 4 rings (SSSR count). The molecular formula is C22H22F2N4O3S. The van der Waals surface area contributed by atoms with Crippen LogP contribution < -0.4 is 10.1 Å². The van der Waals surface area contributed by atoms with Gasteiger partial charge in [0, 0.05) is 36.0 Å². The summed E-state index contributed by atoms with van der Waals surface area (Å²) in [5.41, 5.74) is 1.65. The highest BCUT2D eigenvalue weighted by molar-refractivity contribution is 7.13. The van der Waals surface area contributed by atoms with Gasteiger partial charge in [0.2, 0.25) is 11.8 Å². The standard InChI is InChI=1S/C22H22F2N4O3S/c1-13-12-32-20(25-13)19-27-16(18(29)14-5-3-2-4-6-14)11-17(28-19)31-21(30)26-15-7-9-22(23,24)10-8-15/h2-6,11-12,15,18,29H,7-10H2,1H3,(H,26,30). The zero-order valence-corrected chi connectivity index (χ0v) is 18.1. The highest BCUT2D eigenvalue weighted by Crippen LogP contribution is 2.33. The second-order valence-corrected chi connectivity index (χ2v) is 8.58. The number of aromatic nitrogens is 3. The third-order valence-electron chi connectivity index (χ3n) is 5.16. The molecule has 1 atom stereocenters. The Hall–Kier alpha value is -2.98. The van der Waals surface area contributed by atoms with E-state index in [9.17, 15) is 18.7 Å². The monoisotopic (exact) mass is 460 g/mol. The van der Waals surface area contributed by atoms with E-state index < -0.39 is 18.1 Å². The molecule has 10 heteroatoms. The van der Waals surface area contributed by atoms with Gasteiger partial charge in [-0.2, -0.15) is 4.98 Å². The van der Waals surface area contributed by atoms with Gasteiger partial charge in [0.25, 0.3) is 0 Å². The van der Waals surface area contributed by atoms with Crippen LogP contribution in [0.2, 0.25) is 0 Å². The summed E-state index contributed by atoms with van der Waals surface area (Å²) in [6.45, 7) is 1.83. The van der Waals surface area contributed by atoms with Gasteiger partial charge in [-0.25, -0.2) is 23.5 Å². The van der Waals surface area contributed by atoms with Crippen molar-refractivity contribution < 1.29 is 23.4 Å². The SMILES string of the molecule is Cc1csc(-c2nc(OC(=O)NC3CCC(F)(F)CC3)cc(C(O)c3ccccc3)n2)n1. The van der Waals surface area contributed by atoms with Gasteiger partial charge in [-0.3, -0.25) is 0 Å². The maximum absolute atomic E-state index is 13.3. The molecule has 1 saturated carbocycles. The van der Waals surface area contributed by atoms with Crippen LogP contribution in [-0.2, 0) is 0 Å². The summed E-state index contributed by atoms with van der Waals surface area (Å²) >= 11 is 1.33. The quantitative estimate of drug-likeness (QED) is 0.575. The number of aliphatic hydroxyl groups is 1. The molecule has 1 unspecified atom stereocenters. The van der Waals surface area contributed by atoms with E-state index in [1.165, 1.54) is 17.4 Å². The molecule has 0 spiro atoms. The number of carbonyl (C=O) groups excluding carboxylic acids is 1. The fourth-order valence-corrected chi connectivity index (χ4v) is 4.20. The van der Waals surface area contributed by atoms with E-state index in [1.807, 2.05) is 18.4 Å². The summed E-state index contributed by atoms with van der Waals surface area (Å²) in [5.74, 6) is -2.53. The predicted molar refractivity (Wildman–Crippen MR) is 115 cm³/mol. The van der Waals surface area contributed by atoms with Gasteiger partial charge in [-0.05, 0) is 25.3 Å². The average molecular weight is 461 g/mol. The van der Waals surface area contributed by atoms with Crippen molar-refractivity contribution in [1.29, 1.82) is 0 Å². The third kappa shape index (κ3) is 5.43. The number of ether oxygens (including phenoxy) is 1. The number of aryl methyl sites for hydroxylation is 1.